The number of anilines is 2. The van der Waals surface area contributed by atoms with E-state index in [1.807, 2.05) is 0 Å². The highest BCUT2D eigenvalue weighted by Crippen LogP contribution is 2.36. The van der Waals surface area contributed by atoms with E-state index in [0.717, 1.165) is 10.6 Å². The molecule has 2 aromatic rings. The minimum atomic E-state index is -3.63. The zero-order chi connectivity index (χ0) is 21.1. The molecule has 2 aromatic carbocycles. The van der Waals surface area contributed by atoms with Gasteiger partial charge in [0.1, 0.15) is 0 Å². The van der Waals surface area contributed by atoms with E-state index in [1.165, 1.54) is 40.3 Å². The average Bonchev–Trinajstić information content (AvgIpc) is 2.65. The van der Waals surface area contributed by atoms with Crippen LogP contribution in [0.1, 0.15) is 27.6 Å². The summed E-state index contributed by atoms with van der Waals surface area (Å²) in [5.41, 5.74) is 1.04. The van der Waals surface area contributed by atoms with Gasteiger partial charge in [0.15, 0.2) is 17.3 Å². The number of hydrogen-bond acceptors (Lipinski definition) is 6. The molecule has 0 aliphatic heterocycles. The first-order chi connectivity index (χ1) is 13.1. The molecule has 0 fully saturated rings. The number of carbonyl (C=O) groups is 2. The van der Waals surface area contributed by atoms with Gasteiger partial charge in [0, 0.05) is 24.4 Å². The van der Waals surface area contributed by atoms with Crippen molar-refractivity contribution in [1.82, 2.24) is 0 Å². The van der Waals surface area contributed by atoms with E-state index in [0.29, 0.717) is 11.3 Å². The molecule has 0 heterocycles. The molecule has 0 radical (unpaired) electrons. The minimum Gasteiger partial charge on any atom is -0.493 e. The number of Topliss-reactive ketones (excluding diaryl/α,β-unsaturated/α-hetero) is 1. The van der Waals surface area contributed by atoms with E-state index in [1.54, 1.807) is 24.3 Å². The fourth-order valence-corrected chi connectivity index (χ4v) is 3.01. The monoisotopic (exact) mass is 406 g/mol. The van der Waals surface area contributed by atoms with Crippen LogP contribution in [-0.4, -0.2) is 47.6 Å². The van der Waals surface area contributed by atoms with Crippen molar-refractivity contribution in [3.63, 3.8) is 0 Å². The molecule has 0 unspecified atom stereocenters. The number of sulfonamides is 1. The summed E-state index contributed by atoms with van der Waals surface area (Å²) in [6.07, 6.45) is 1.03. The fraction of sp³-hybridized carbons (Fsp3) is 0.263. The lowest BCUT2D eigenvalue weighted by Gasteiger charge is -2.22. The number of nitrogens with one attached hydrogen (secondary N) is 1. The number of ether oxygens (including phenoxy) is 2. The summed E-state index contributed by atoms with van der Waals surface area (Å²) in [5.74, 6) is -0.147. The quantitative estimate of drug-likeness (QED) is 0.709. The van der Waals surface area contributed by atoms with Crippen molar-refractivity contribution in [3.8, 4) is 11.5 Å². The summed E-state index contributed by atoms with van der Waals surface area (Å²) in [4.78, 5) is 24.4. The number of benzene rings is 2. The Morgan fingerprint density at radius 3 is 2.18 bits per heavy atom. The van der Waals surface area contributed by atoms with Crippen LogP contribution in [0, 0.1) is 0 Å². The molecule has 9 heteroatoms. The molecule has 0 saturated carbocycles. The standard InChI is InChI=1S/C19H22N2O6S/c1-12(22)13-7-6-8-14(9-13)20-19(23)15-10-17(26-3)18(27-4)11-16(15)21(2)28(5,24)25/h6-11H,1-5H3,(H,20,23). The second-order valence-electron chi connectivity index (χ2n) is 6.05. The molecule has 0 aliphatic rings. The average molecular weight is 406 g/mol. The summed E-state index contributed by atoms with van der Waals surface area (Å²) in [6.45, 7) is 1.43. The Kier molecular flexibility index (Phi) is 6.30. The van der Waals surface area contributed by atoms with Gasteiger partial charge in [0.05, 0.1) is 31.7 Å². The Morgan fingerprint density at radius 1 is 1.04 bits per heavy atom. The van der Waals surface area contributed by atoms with Crippen molar-refractivity contribution in [3.05, 3.63) is 47.5 Å². The summed E-state index contributed by atoms with van der Waals surface area (Å²) >= 11 is 0. The van der Waals surface area contributed by atoms with Gasteiger partial charge >= 0.3 is 0 Å². The topological polar surface area (TPSA) is 102 Å². The number of carbonyl (C=O) groups excluding carboxylic acids is 2. The maximum absolute atomic E-state index is 12.9. The van der Waals surface area contributed by atoms with Crippen molar-refractivity contribution < 1.29 is 27.5 Å². The molecule has 0 saturated heterocycles. The van der Waals surface area contributed by atoms with Crippen LogP contribution >= 0.6 is 0 Å². The lowest BCUT2D eigenvalue weighted by molar-refractivity contribution is 0.101. The third-order valence-corrected chi connectivity index (χ3v) is 5.30. The molecule has 0 aliphatic carbocycles. The lowest BCUT2D eigenvalue weighted by Crippen LogP contribution is -2.28. The highest BCUT2D eigenvalue weighted by Gasteiger charge is 2.23. The predicted molar refractivity (Wildman–Crippen MR) is 107 cm³/mol. The Hall–Kier alpha value is -3.07. The SMILES string of the molecule is COc1cc(C(=O)Nc2cccc(C(C)=O)c2)c(N(C)S(C)(=O)=O)cc1OC. The molecule has 2 rings (SSSR count). The van der Waals surface area contributed by atoms with Crippen molar-refractivity contribution in [1.29, 1.82) is 0 Å². The molecule has 0 bridgehead atoms. The van der Waals surface area contributed by atoms with Gasteiger partial charge in [-0.15, -0.1) is 0 Å². The first kappa shape index (κ1) is 21.2. The van der Waals surface area contributed by atoms with Crippen LogP contribution in [-0.2, 0) is 10.0 Å². The van der Waals surface area contributed by atoms with E-state index in [-0.39, 0.29) is 28.5 Å². The molecule has 0 spiro atoms. The van der Waals surface area contributed by atoms with Crippen molar-refractivity contribution in [2.45, 2.75) is 6.92 Å². The third kappa shape index (κ3) is 4.61. The van der Waals surface area contributed by atoms with Gasteiger partial charge in [-0.3, -0.25) is 13.9 Å². The van der Waals surface area contributed by atoms with E-state index < -0.39 is 15.9 Å². The first-order valence-electron chi connectivity index (χ1n) is 8.20. The van der Waals surface area contributed by atoms with Gasteiger partial charge in [-0.25, -0.2) is 8.42 Å². The van der Waals surface area contributed by atoms with Gasteiger partial charge in [0.2, 0.25) is 10.0 Å². The molecule has 0 atom stereocenters. The zero-order valence-electron chi connectivity index (χ0n) is 16.3. The molecule has 0 aromatic heterocycles. The highest BCUT2D eigenvalue weighted by molar-refractivity contribution is 7.92. The summed E-state index contributed by atoms with van der Waals surface area (Å²) < 4.78 is 35.5. The lowest BCUT2D eigenvalue weighted by atomic mass is 10.1. The molecular formula is C19H22N2O6S. The third-order valence-electron chi connectivity index (χ3n) is 4.11. The van der Waals surface area contributed by atoms with E-state index in [2.05, 4.69) is 5.32 Å². The molecule has 8 nitrogen and oxygen atoms in total. The number of nitrogens with zero attached hydrogens (tertiary/aromatic N) is 1. The first-order valence-corrected chi connectivity index (χ1v) is 10.1. The van der Waals surface area contributed by atoms with Crippen molar-refractivity contribution >= 4 is 33.1 Å². The maximum Gasteiger partial charge on any atom is 0.257 e. The maximum atomic E-state index is 12.9. The van der Waals surface area contributed by atoms with Crippen LogP contribution in [0.25, 0.3) is 0 Å². The van der Waals surface area contributed by atoms with Crippen LogP contribution < -0.4 is 19.1 Å². The Labute approximate surface area is 164 Å². The van der Waals surface area contributed by atoms with E-state index in [9.17, 15) is 18.0 Å². The largest absolute Gasteiger partial charge is 0.493 e. The fourth-order valence-electron chi connectivity index (χ4n) is 2.50. The van der Waals surface area contributed by atoms with Crippen LogP contribution in [0.4, 0.5) is 11.4 Å². The summed E-state index contributed by atoms with van der Waals surface area (Å²) in [5, 5.41) is 2.68. The Balaban J connectivity index is 2.54. The van der Waals surface area contributed by atoms with Crippen LogP contribution in [0.15, 0.2) is 36.4 Å². The predicted octanol–water partition coefficient (Wildman–Crippen LogP) is 2.55. The summed E-state index contributed by atoms with van der Waals surface area (Å²) in [7, 11) is 0.526. The van der Waals surface area contributed by atoms with Crippen molar-refractivity contribution in [2.24, 2.45) is 0 Å². The number of amides is 1. The van der Waals surface area contributed by atoms with Gasteiger partial charge < -0.3 is 14.8 Å². The Bertz CT molecular complexity index is 1020. The molecular weight excluding hydrogens is 384 g/mol. The van der Waals surface area contributed by atoms with Gasteiger partial charge in [-0.05, 0) is 25.1 Å². The number of ketones is 1. The zero-order valence-corrected chi connectivity index (χ0v) is 17.1. The Morgan fingerprint density at radius 2 is 1.64 bits per heavy atom. The minimum absolute atomic E-state index is 0.0683. The van der Waals surface area contributed by atoms with Crippen LogP contribution in [0.2, 0.25) is 0 Å². The van der Waals surface area contributed by atoms with Gasteiger partial charge in [-0.2, -0.15) is 0 Å². The smallest absolute Gasteiger partial charge is 0.257 e. The molecule has 1 amide bonds. The normalized spacial score (nSPS) is 10.9. The number of hydrogen-bond donors (Lipinski definition) is 1. The van der Waals surface area contributed by atoms with Crippen LogP contribution in [0.5, 0.6) is 11.5 Å². The van der Waals surface area contributed by atoms with Gasteiger partial charge in [-0.1, -0.05) is 12.1 Å². The van der Waals surface area contributed by atoms with Crippen LogP contribution in [0.3, 0.4) is 0 Å². The number of rotatable bonds is 7. The highest BCUT2D eigenvalue weighted by atomic mass is 32.2. The van der Waals surface area contributed by atoms with Gasteiger partial charge in [0.25, 0.3) is 5.91 Å². The summed E-state index contributed by atoms with van der Waals surface area (Å²) in [6, 6.07) is 9.27. The number of methoxy groups -OCH3 is 2. The molecule has 28 heavy (non-hydrogen) atoms. The van der Waals surface area contributed by atoms with E-state index in [4.69, 9.17) is 9.47 Å². The van der Waals surface area contributed by atoms with E-state index >= 15 is 0 Å². The molecule has 1 N–H and O–H groups in total. The second-order valence-corrected chi connectivity index (χ2v) is 8.06. The van der Waals surface area contributed by atoms with Crippen molar-refractivity contribution in [2.75, 3.05) is 37.1 Å². The molecule has 150 valence electrons. The second kappa shape index (κ2) is 8.30.